The van der Waals surface area contributed by atoms with Crippen molar-refractivity contribution in [1.82, 2.24) is 15.3 Å². The van der Waals surface area contributed by atoms with Gasteiger partial charge in [0.05, 0.1) is 24.4 Å². The lowest BCUT2D eigenvalue weighted by Crippen LogP contribution is -2.38. The van der Waals surface area contributed by atoms with Gasteiger partial charge in [-0.05, 0) is 117 Å². The Balaban J connectivity index is 0.000000424. The van der Waals surface area contributed by atoms with Gasteiger partial charge in [0.1, 0.15) is 5.82 Å². The van der Waals surface area contributed by atoms with Gasteiger partial charge in [0.2, 0.25) is 0 Å². The van der Waals surface area contributed by atoms with Gasteiger partial charge in [-0.1, -0.05) is 39.0 Å². The van der Waals surface area contributed by atoms with Crippen LogP contribution in [0.3, 0.4) is 0 Å². The number of benzene rings is 2. The molecular weight excluding hydrogens is 626 g/mol. The normalized spacial score (nSPS) is 15.0. The lowest BCUT2D eigenvalue weighted by molar-refractivity contribution is -0.130. The highest BCUT2D eigenvalue weighted by Crippen LogP contribution is 2.34. The van der Waals surface area contributed by atoms with E-state index in [4.69, 9.17) is 9.72 Å². The fraction of sp³-hybridized carbons (Fsp3) is 0.415. The number of halogens is 4. The maximum atomic E-state index is 13.6. The van der Waals surface area contributed by atoms with E-state index in [0.29, 0.717) is 5.92 Å². The molecule has 1 saturated heterocycles. The van der Waals surface area contributed by atoms with E-state index in [1.165, 1.54) is 30.5 Å². The van der Waals surface area contributed by atoms with Crippen LogP contribution < -0.4 is 5.32 Å². The number of allylic oxidation sites excluding steroid dienone is 2. The maximum Gasteiger partial charge on any atom is 0.388 e. The van der Waals surface area contributed by atoms with Gasteiger partial charge in [-0.25, -0.2) is 4.39 Å². The highest BCUT2D eigenvalue weighted by molar-refractivity contribution is 5.85. The van der Waals surface area contributed by atoms with Crippen molar-refractivity contribution in [3.8, 4) is 11.3 Å². The van der Waals surface area contributed by atoms with Crippen LogP contribution in [-0.4, -0.2) is 35.9 Å². The smallest absolute Gasteiger partial charge is 0.384 e. The Morgan fingerprint density at radius 3 is 2.18 bits per heavy atom. The Morgan fingerprint density at radius 2 is 1.67 bits per heavy atom. The van der Waals surface area contributed by atoms with Gasteiger partial charge in [0.15, 0.2) is 0 Å². The molecule has 1 unspecified atom stereocenters. The molecule has 1 atom stereocenters. The summed E-state index contributed by atoms with van der Waals surface area (Å²) in [6, 6.07) is 17.3. The first-order valence-corrected chi connectivity index (χ1v) is 17.2. The molecule has 1 N–H and O–H groups in total. The van der Waals surface area contributed by atoms with Crippen LogP contribution in [0, 0.1) is 38.4 Å². The van der Waals surface area contributed by atoms with E-state index >= 15 is 0 Å². The standard InChI is InChI=1S/C31H32FN3O.C5H8.C3H5F3.C2H6/c1-5-28(24-13-20(3)30-23(15-24)7-6-12-33-30)34-16-27(25-17-36-18-25)29-14-19(2)21(4)31(35-29)22-8-10-26(32)11-9-22;1-2-5-3-4-5;1-2-3(4,5)6;1-2/h5-15,25,27,34H,16-18H2,1-4H3;2,5H,1,3-4H2;2H2,1H3;1-2H3. The van der Waals surface area contributed by atoms with Crippen molar-refractivity contribution in [3.63, 3.8) is 0 Å². The number of nitrogens with one attached hydrogen (secondary N) is 1. The Hall–Kier alpha value is -4.04. The predicted molar refractivity (Wildman–Crippen MR) is 195 cm³/mol. The van der Waals surface area contributed by atoms with E-state index in [0.717, 1.165) is 82.8 Å². The lowest BCUT2D eigenvalue weighted by Gasteiger charge is -2.34. The molecule has 6 rings (SSSR count). The summed E-state index contributed by atoms with van der Waals surface area (Å²) in [5.41, 5.74) is 9.65. The molecule has 2 aromatic carbocycles. The van der Waals surface area contributed by atoms with Crippen molar-refractivity contribution >= 4 is 16.6 Å². The molecule has 4 nitrogen and oxygen atoms in total. The predicted octanol–water partition coefficient (Wildman–Crippen LogP) is 11.3. The fourth-order valence-electron chi connectivity index (χ4n) is 5.29. The average molecular weight is 678 g/mol. The van der Waals surface area contributed by atoms with Gasteiger partial charge in [-0.15, -0.1) is 6.58 Å². The van der Waals surface area contributed by atoms with E-state index in [2.05, 4.69) is 74.9 Å². The number of aromatic nitrogens is 2. The average Bonchev–Trinajstić information content (AvgIpc) is 3.92. The molecule has 0 spiro atoms. The molecule has 1 aliphatic heterocycles. The number of pyridine rings is 2. The number of hydrogen-bond donors (Lipinski definition) is 1. The minimum Gasteiger partial charge on any atom is -0.384 e. The first-order valence-electron chi connectivity index (χ1n) is 17.2. The summed E-state index contributed by atoms with van der Waals surface area (Å²) in [5.74, 6) is 1.25. The molecule has 0 amide bonds. The second-order valence-corrected chi connectivity index (χ2v) is 12.2. The molecule has 4 aromatic rings. The van der Waals surface area contributed by atoms with Crippen molar-refractivity contribution in [2.24, 2.45) is 11.8 Å². The molecule has 49 heavy (non-hydrogen) atoms. The highest BCUT2D eigenvalue weighted by Gasteiger charge is 2.31. The highest BCUT2D eigenvalue weighted by atomic mass is 19.4. The zero-order chi connectivity index (χ0) is 36.1. The van der Waals surface area contributed by atoms with Gasteiger partial charge >= 0.3 is 6.18 Å². The van der Waals surface area contributed by atoms with E-state index in [1.54, 1.807) is 0 Å². The van der Waals surface area contributed by atoms with Crippen molar-refractivity contribution < 1.29 is 22.3 Å². The van der Waals surface area contributed by atoms with Gasteiger partial charge in [0.25, 0.3) is 0 Å². The monoisotopic (exact) mass is 677 g/mol. The number of hydrogen-bond acceptors (Lipinski definition) is 4. The third kappa shape index (κ3) is 11.5. The van der Waals surface area contributed by atoms with Crippen LogP contribution >= 0.6 is 0 Å². The summed E-state index contributed by atoms with van der Waals surface area (Å²) in [5, 5.41) is 4.86. The number of alkyl halides is 3. The van der Waals surface area contributed by atoms with Crippen LogP contribution in [0.1, 0.15) is 80.8 Å². The molecule has 1 saturated carbocycles. The van der Waals surface area contributed by atoms with Crippen LogP contribution in [-0.2, 0) is 4.74 Å². The fourth-order valence-corrected chi connectivity index (χ4v) is 5.29. The second-order valence-electron chi connectivity index (χ2n) is 12.2. The van der Waals surface area contributed by atoms with Gasteiger partial charge in [0, 0.05) is 53.3 Å². The summed E-state index contributed by atoms with van der Waals surface area (Å²) >= 11 is 0. The van der Waals surface area contributed by atoms with Crippen molar-refractivity contribution in [2.75, 3.05) is 19.8 Å². The number of fused-ring (bicyclic) bond motifs is 1. The van der Waals surface area contributed by atoms with E-state index in [-0.39, 0.29) is 11.7 Å². The molecule has 8 heteroatoms. The zero-order valence-electron chi connectivity index (χ0n) is 29.9. The van der Waals surface area contributed by atoms with Gasteiger partial charge in [-0.2, -0.15) is 13.2 Å². The summed E-state index contributed by atoms with van der Waals surface area (Å²) in [7, 11) is 0. The third-order valence-electron chi connectivity index (χ3n) is 8.65. The first kappa shape index (κ1) is 39.4. The summed E-state index contributed by atoms with van der Waals surface area (Å²) in [6.07, 6.45) is 4.09. The van der Waals surface area contributed by atoms with Gasteiger partial charge in [-0.3, -0.25) is 9.97 Å². The van der Waals surface area contributed by atoms with Crippen LogP contribution in [0.2, 0.25) is 0 Å². The van der Waals surface area contributed by atoms with Crippen LogP contribution in [0.25, 0.3) is 27.9 Å². The summed E-state index contributed by atoms with van der Waals surface area (Å²) in [4.78, 5) is 9.66. The van der Waals surface area contributed by atoms with Crippen LogP contribution in [0.15, 0.2) is 79.5 Å². The van der Waals surface area contributed by atoms with Gasteiger partial charge < -0.3 is 10.1 Å². The van der Waals surface area contributed by atoms with E-state index in [1.807, 2.05) is 44.3 Å². The topological polar surface area (TPSA) is 47.0 Å². The third-order valence-corrected chi connectivity index (χ3v) is 8.65. The number of aryl methyl sites for hydroxylation is 2. The van der Waals surface area contributed by atoms with Crippen molar-refractivity contribution in [3.05, 3.63) is 113 Å². The second kappa shape index (κ2) is 18.6. The number of ether oxygens (including phenoxy) is 1. The number of nitrogens with zero attached hydrogens (tertiary/aromatic N) is 2. The lowest BCUT2D eigenvalue weighted by atomic mass is 9.86. The molecular formula is C41H51F4N3O. The summed E-state index contributed by atoms with van der Waals surface area (Å²) < 4.78 is 51.5. The Kier molecular flexibility index (Phi) is 15.0. The van der Waals surface area contributed by atoms with Crippen molar-refractivity contribution in [2.45, 2.75) is 79.8 Å². The minimum absolute atomic E-state index is 0.190. The quantitative estimate of drug-likeness (QED) is 0.149. The molecule has 0 radical (unpaired) electrons. The molecule has 3 heterocycles. The minimum atomic E-state index is -3.96. The van der Waals surface area contributed by atoms with Crippen LogP contribution in [0.5, 0.6) is 0 Å². The Bertz CT molecular complexity index is 1670. The molecule has 2 aliphatic rings. The SMILES string of the molecule is C=CC1CC1.CC.CC=C(NCC(c1cc(C)c(C)c(-c2ccc(F)cc2)n1)C1COC1)c1cc(C)c2ncccc2c1.CCC(F)(F)F. The molecule has 1 aliphatic carbocycles. The van der Waals surface area contributed by atoms with Crippen LogP contribution in [0.4, 0.5) is 17.6 Å². The first-order chi connectivity index (χ1) is 23.4. The molecule has 2 aromatic heterocycles. The van der Waals surface area contributed by atoms with E-state index in [9.17, 15) is 17.6 Å². The largest absolute Gasteiger partial charge is 0.388 e. The maximum absolute atomic E-state index is 13.6. The molecule has 0 bridgehead atoms. The van der Waals surface area contributed by atoms with E-state index < -0.39 is 12.6 Å². The van der Waals surface area contributed by atoms with Crippen molar-refractivity contribution in [1.29, 1.82) is 0 Å². The Morgan fingerprint density at radius 1 is 1.02 bits per heavy atom. The zero-order valence-corrected chi connectivity index (χ0v) is 29.9. The molecule has 264 valence electrons. The Labute approximate surface area is 289 Å². The summed E-state index contributed by atoms with van der Waals surface area (Å²) in [6.45, 7) is 19.3. The number of rotatable bonds is 8. The molecule has 2 fully saturated rings.